The Bertz CT molecular complexity index is 785. The minimum atomic E-state index is 0.258. The van der Waals surface area contributed by atoms with Crippen LogP contribution >= 0.6 is 11.8 Å². The topological polar surface area (TPSA) is 85.8 Å². The van der Waals surface area contributed by atoms with Crippen LogP contribution < -0.4 is 10.6 Å². The SMILES string of the molecule is CN(C)c1nc(N)nc(CSCc2ccc(-n3ccnc3)cc2)n1. The number of thioether (sulfide) groups is 1. The summed E-state index contributed by atoms with van der Waals surface area (Å²) < 4.78 is 1.98. The standard InChI is InChI=1S/C16H19N7S/c1-22(2)16-20-14(19-15(17)21-16)10-24-9-12-3-5-13(6-4-12)23-8-7-18-11-23/h3-8,11H,9-10H2,1-2H3,(H2,17,19,20,21). The molecule has 0 atom stereocenters. The van der Waals surface area contributed by atoms with Gasteiger partial charge in [-0.1, -0.05) is 12.1 Å². The highest BCUT2D eigenvalue weighted by Gasteiger charge is 2.06. The summed E-state index contributed by atoms with van der Waals surface area (Å²) >= 11 is 1.75. The molecule has 0 saturated carbocycles. The molecule has 0 aliphatic carbocycles. The van der Waals surface area contributed by atoms with E-state index in [0.717, 1.165) is 11.4 Å². The van der Waals surface area contributed by atoms with Gasteiger partial charge in [0.2, 0.25) is 11.9 Å². The number of hydrogen-bond acceptors (Lipinski definition) is 7. The molecule has 0 fully saturated rings. The van der Waals surface area contributed by atoms with E-state index in [1.807, 2.05) is 29.8 Å². The lowest BCUT2D eigenvalue weighted by Crippen LogP contribution is -2.15. The van der Waals surface area contributed by atoms with Gasteiger partial charge in [0.1, 0.15) is 5.82 Å². The summed E-state index contributed by atoms with van der Waals surface area (Å²) in [5.41, 5.74) is 8.09. The molecule has 0 bridgehead atoms. The molecular formula is C16H19N7S. The van der Waals surface area contributed by atoms with Crippen LogP contribution in [-0.2, 0) is 11.5 Å². The normalized spacial score (nSPS) is 10.8. The van der Waals surface area contributed by atoms with Gasteiger partial charge in [0.25, 0.3) is 0 Å². The predicted molar refractivity (Wildman–Crippen MR) is 97.1 cm³/mol. The Hall–Kier alpha value is -2.61. The molecule has 0 radical (unpaired) electrons. The van der Waals surface area contributed by atoms with Gasteiger partial charge in [-0.15, -0.1) is 11.8 Å². The van der Waals surface area contributed by atoms with Crippen LogP contribution in [0.1, 0.15) is 11.4 Å². The molecule has 3 aromatic rings. The Labute approximate surface area is 145 Å². The monoisotopic (exact) mass is 341 g/mol. The second-order valence-electron chi connectivity index (χ2n) is 5.43. The van der Waals surface area contributed by atoms with Gasteiger partial charge in [0.15, 0.2) is 0 Å². The maximum atomic E-state index is 5.74. The van der Waals surface area contributed by atoms with Crippen LogP contribution in [-0.4, -0.2) is 38.6 Å². The molecule has 0 saturated heterocycles. The first-order valence-electron chi connectivity index (χ1n) is 7.44. The highest BCUT2D eigenvalue weighted by Crippen LogP contribution is 2.18. The van der Waals surface area contributed by atoms with Gasteiger partial charge >= 0.3 is 0 Å². The molecule has 0 unspecified atom stereocenters. The number of aromatic nitrogens is 5. The molecular weight excluding hydrogens is 322 g/mol. The third-order valence-electron chi connectivity index (χ3n) is 3.33. The molecule has 0 amide bonds. The van der Waals surface area contributed by atoms with E-state index in [4.69, 9.17) is 5.73 Å². The Balaban J connectivity index is 1.58. The van der Waals surface area contributed by atoms with E-state index in [9.17, 15) is 0 Å². The second-order valence-corrected chi connectivity index (χ2v) is 6.42. The van der Waals surface area contributed by atoms with E-state index in [1.54, 1.807) is 24.3 Å². The largest absolute Gasteiger partial charge is 0.368 e. The first kappa shape index (κ1) is 16.3. The fourth-order valence-corrected chi connectivity index (χ4v) is 2.97. The van der Waals surface area contributed by atoms with Crippen molar-refractivity contribution in [1.29, 1.82) is 0 Å². The minimum Gasteiger partial charge on any atom is -0.368 e. The number of anilines is 2. The molecule has 0 aliphatic rings. The van der Waals surface area contributed by atoms with Gasteiger partial charge in [0, 0.05) is 37.9 Å². The average Bonchev–Trinajstić information content (AvgIpc) is 3.09. The number of nitrogens with two attached hydrogens (primary N) is 1. The molecule has 2 N–H and O–H groups in total. The van der Waals surface area contributed by atoms with Gasteiger partial charge in [-0.25, -0.2) is 4.98 Å². The summed E-state index contributed by atoms with van der Waals surface area (Å²) in [4.78, 5) is 18.6. The smallest absolute Gasteiger partial charge is 0.229 e. The average molecular weight is 341 g/mol. The Morgan fingerprint density at radius 3 is 2.54 bits per heavy atom. The Morgan fingerprint density at radius 1 is 1.08 bits per heavy atom. The minimum absolute atomic E-state index is 0.258. The zero-order chi connectivity index (χ0) is 16.9. The summed E-state index contributed by atoms with van der Waals surface area (Å²) in [6, 6.07) is 8.41. The molecule has 2 heterocycles. The highest BCUT2D eigenvalue weighted by molar-refractivity contribution is 7.97. The van der Waals surface area contributed by atoms with Crippen molar-refractivity contribution in [2.75, 3.05) is 24.7 Å². The molecule has 24 heavy (non-hydrogen) atoms. The molecule has 3 rings (SSSR count). The number of nitrogen functional groups attached to an aromatic ring is 1. The van der Waals surface area contributed by atoms with Gasteiger partial charge in [-0.05, 0) is 17.7 Å². The van der Waals surface area contributed by atoms with Gasteiger partial charge < -0.3 is 15.2 Å². The summed E-state index contributed by atoms with van der Waals surface area (Å²) in [7, 11) is 3.76. The maximum Gasteiger partial charge on any atom is 0.229 e. The van der Waals surface area contributed by atoms with Gasteiger partial charge in [0.05, 0.1) is 12.1 Å². The van der Waals surface area contributed by atoms with Crippen molar-refractivity contribution in [3.05, 3.63) is 54.4 Å². The fourth-order valence-electron chi connectivity index (χ4n) is 2.13. The van der Waals surface area contributed by atoms with Crippen molar-refractivity contribution < 1.29 is 0 Å². The second kappa shape index (κ2) is 7.31. The molecule has 8 heteroatoms. The lowest BCUT2D eigenvalue weighted by atomic mass is 10.2. The van der Waals surface area contributed by atoms with Crippen molar-refractivity contribution in [2.24, 2.45) is 0 Å². The van der Waals surface area contributed by atoms with Crippen molar-refractivity contribution in [1.82, 2.24) is 24.5 Å². The number of nitrogens with zero attached hydrogens (tertiary/aromatic N) is 6. The van der Waals surface area contributed by atoms with Crippen LogP contribution in [0.15, 0.2) is 43.0 Å². The van der Waals surface area contributed by atoms with E-state index in [2.05, 4.69) is 44.2 Å². The summed E-state index contributed by atoms with van der Waals surface area (Å²) in [6.45, 7) is 0. The van der Waals surface area contributed by atoms with E-state index in [-0.39, 0.29) is 5.95 Å². The van der Waals surface area contributed by atoms with Crippen LogP contribution in [0.25, 0.3) is 5.69 Å². The van der Waals surface area contributed by atoms with Gasteiger partial charge in [-0.3, -0.25) is 0 Å². The number of benzene rings is 1. The molecule has 2 aromatic heterocycles. The van der Waals surface area contributed by atoms with Crippen molar-refractivity contribution >= 4 is 23.7 Å². The highest BCUT2D eigenvalue weighted by atomic mass is 32.2. The fraction of sp³-hybridized carbons (Fsp3) is 0.250. The first-order chi connectivity index (χ1) is 11.6. The molecule has 0 spiro atoms. The lowest BCUT2D eigenvalue weighted by molar-refractivity contribution is 0.919. The molecule has 1 aromatic carbocycles. The van der Waals surface area contributed by atoms with Crippen LogP contribution in [0, 0.1) is 0 Å². The van der Waals surface area contributed by atoms with Crippen molar-refractivity contribution in [3.8, 4) is 5.69 Å². The van der Waals surface area contributed by atoms with Crippen LogP contribution in [0.5, 0.6) is 0 Å². The first-order valence-corrected chi connectivity index (χ1v) is 8.60. The van der Waals surface area contributed by atoms with Crippen LogP contribution in [0.3, 0.4) is 0 Å². The number of hydrogen-bond donors (Lipinski definition) is 1. The van der Waals surface area contributed by atoms with E-state index < -0.39 is 0 Å². The summed E-state index contributed by atoms with van der Waals surface area (Å²) in [5, 5.41) is 0. The van der Waals surface area contributed by atoms with Crippen molar-refractivity contribution in [3.63, 3.8) is 0 Å². The van der Waals surface area contributed by atoms with E-state index in [0.29, 0.717) is 17.5 Å². The maximum absolute atomic E-state index is 5.74. The van der Waals surface area contributed by atoms with Crippen LogP contribution in [0.2, 0.25) is 0 Å². The molecule has 0 aliphatic heterocycles. The van der Waals surface area contributed by atoms with E-state index in [1.165, 1.54) is 5.56 Å². The third kappa shape index (κ3) is 4.02. The zero-order valence-corrected chi connectivity index (χ0v) is 14.4. The number of rotatable bonds is 6. The Kier molecular flexibility index (Phi) is 4.95. The zero-order valence-electron chi connectivity index (χ0n) is 13.6. The Morgan fingerprint density at radius 2 is 1.88 bits per heavy atom. The predicted octanol–water partition coefficient (Wildman–Crippen LogP) is 2.14. The van der Waals surface area contributed by atoms with Crippen LogP contribution in [0.4, 0.5) is 11.9 Å². The quantitative estimate of drug-likeness (QED) is 0.735. The molecule has 7 nitrogen and oxygen atoms in total. The summed E-state index contributed by atoms with van der Waals surface area (Å²) in [5.74, 6) is 3.12. The molecule has 124 valence electrons. The lowest BCUT2D eigenvalue weighted by Gasteiger charge is -2.11. The third-order valence-corrected chi connectivity index (χ3v) is 4.33. The van der Waals surface area contributed by atoms with Gasteiger partial charge in [-0.2, -0.15) is 15.0 Å². The number of imidazole rings is 1. The summed E-state index contributed by atoms with van der Waals surface area (Å²) in [6.07, 6.45) is 5.49. The van der Waals surface area contributed by atoms with Crippen molar-refractivity contribution in [2.45, 2.75) is 11.5 Å². The van der Waals surface area contributed by atoms with E-state index >= 15 is 0 Å².